The molecule has 0 spiro atoms. The molecule has 4 nitrogen and oxygen atoms in total. The van der Waals surface area contributed by atoms with Crippen molar-refractivity contribution in [2.24, 2.45) is 5.92 Å². The van der Waals surface area contributed by atoms with Gasteiger partial charge in [0.25, 0.3) is 15.0 Å². The Kier molecular flexibility index (Phi) is 4.07. The van der Waals surface area contributed by atoms with Crippen molar-refractivity contribution in [2.45, 2.75) is 31.2 Å². The van der Waals surface area contributed by atoms with E-state index in [4.69, 9.17) is 10.7 Å². The number of likely N-dealkylation sites (tertiary alicyclic amines) is 1. The Hall–Kier alpha value is -1.14. The van der Waals surface area contributed by atoms with Gasteiger partial charge in [0, 0.05) is 23.3 Å². The van der Waals surface area contributed by atoms with Crippen molar-refractivity contribution in [1.82, 2.24) is 4.90 Å². The van der Waals surface area contributed by atoms with Gasteiger partial charge in [-0.15, -0.1) is 0 Å². The van der Waals surface area contributed by atoms with E-state index in [1.165, 1.54) is 6.07 Å². The second-order valence-corrected chi connectivity index (χ2v) is 7.79. The van der Waals surface area contributed by atoms with Crippen molar-refractivity contribution in [3.63, 3.8) is 0 Å². The second-order valence-electron chi connectivity index (χ2n) is 5.23. The maximum absolute atomic E-state index is 13.9. The summed E-state index contributed by atoms with van der Waals surface area (Å²) in [5.41, 5.74) is -0.130. The molecule has 20 heavy (non-hydrogen) atoms. The Balaban J connectivity index is 2.32. The molecular weight excluding hydrogens is 305 g/mol. The van der Waals surface area contributed by atoms with Crippen LogP contribution in [-0.4, -0.2) is 31.8 Å². The van der Waals surface area contributed by atoms with Gasteiger partial charge in [0.15, 0.2) is 0 Å². The van der Waals surface area contributed by atoms with Gasteiger partial charge in [-0.2, -0.15) is 0 Å². The predicted molar refractivity (Wildman–Crippen MR) is 73.7 cm³/mol. The molecule has 7 heteroatoms. The molecule has 1 fully saturated rings. The molecule has 0 aliphatic carbocycles. The molecule has 2 rings (SSSR count). The Morgan fingerprint density at radius 2 is 2.05 bits per heavy atom. The number of hydrogen-bond donors (Lipinski definition) is 0. The molecule has 1 aliphatic rings. The van der Waals surface area contributed by atoms with Crippen LogP contribution in [0.15, 0.2) is 23.1 Å². The van der Waals surface area contributed by atoms with Crippen molar-refractivity contribution >= 4 is 25.6 Å². The summed E-state index contributed by atoms with van der Waals surface area (Å²) in [5, 5.41) is 0. The largest absolute Gasteiger partial charge is 0.336 e. The highest BCUT2D eigenvalue weighted by molar-refractivity contribution is 8.13. The third kappa shape index (κ3) is 2.96. The average Bonchev–Trinajstić information content (AvgIpc) is 2.66. The zero-order chi connectivity index (χ0) is 15.1. The number of amides is 1. The molecule has 1 amide bonds. The molecule has 1 aromatic rings. The topological polar surface area (TPSA) is 54.5 Å². The van der Waals surface area contributed by atoms with Gasteiger partial charge in [0.2, 0.25) is 0 Å². The number of halogens is 2. The molecule has 1 heterocycles. The minimum absolute atomic E-state index is 0.0494. The van der Waals surface area contributed by atoms with E-state index in [0.717, 1.165) is 18.6 Å². The molecule has 1 saturated heterocycles. The van der Waals surface area contributed by atoms with Gasteiger partial charge in [-0.05, 0) is 37.5 Å². The van der Waals surface area contributed by atoms with Crippen LogP contribution in [0.4, 0.5) is 4.39 Å². The normalized spacial score (nSPS) is 23.1. The number of carbonyl (C=O) groups excluding carboxylic acids is 1. The summed E-state index contributed by atoms with van der Waals surface area (Å²) in [6.45, 7) is 4.52. The van der Waals surface area contributed by atoms with E-state index in [1.54, 1.807) is 4.90 Å². The first-order valence-corrected chi connectivity index (χ1v) is 8.56. The Morgan fingerprint density at radius 1 is 1.40 bits per heavy atom. The first-order valence-electron chi connectivity index (χ1n) is 6.25. The van der Waals surface area contributed by atoms with Crippen molar-refractivity contribution in [3.8, 4) is 0 Å². The zero-order valence-electron chi connectivity index (χ0n) is 11.1. The average molecular weight is 320 g/mol. The molecule has 0 radical (unpaired) electrons. The summed E-state index contributed by atoms with van der Waals surface area (Å²) in [4.78, 5) is 13.5. The van der Waals surface area contributed by atoms with Crippen LogP contribution >= 0.6 is 10.7 Å². The van der Waals surface area contributed by atoms with Crippen LogP contribution in [0, 0.1) is 11.7 Å². The van der Waals surface area contributed by atoms with Crippen molar-refractivity contribution < 1.29 is 17.6 Å². The fourth-order valence-corrected chi connectivity index (χ4v) is 3.32. The van der Waals surface area contributed by atoms with E-state index >= 15 is 0 Å². The van der Waals surface area contributed by atoms with E-state index in [0.29, 0.717) is 12.5 Å². The molecule has 0 N–H and O–H groups in total. The van der Waals surface area contributed by atoms with Crippen molar-refractivity contribution in [3.05, 3.63) is 29.6 Å². The molecule has 0 aromatic heterocycles. The van der Waals surface area contributed by atoms with Crippen LogP contribution in [0.25, 0.3) is 0 Å². The fraction of sp³-hybridized carbons (Fsp3) is 0.462. The van der Waals surface area contributed by atoms with E-state index in [2.05, 4.69) is 0 Å². The zero-order valence-corrected chi connectivity index (χ0v) is 12.7. The lowest BCUT2D eigenvalue weighted by Crippen LogP contribution is -2.34. The van der Waals surface area contributed by atoms with E-state index < -0.39 is 20.8 Å². The molecule has 1 aromatic carbocycles. The molecule has 2 atom stereocenters. The van der Waals surface area contributed by atoms with Crippen LogP contribution < -0.4 is 0 Å². The smallest absolute Gasteiger partial charge is 0.261 e. The van der Waals surface area contributed by atoms with Gasteiger partial charge < -0.3 is 4.90 Å². The summed E-state index contributed by atoms with van der Waals surface area (Å²) < 4.78 is 36.2. The van der Waals surface area contributed by atoms with Gasteiger partial charge in [-0.1, -0.05) is 6.92 Å². The molecule has 0 saturated carbocycles. The summed E-state index contributed by atoms with van der Waals surface area (Å²) in [6.07, 6.45) is 0.876. The van der Waals surface area contributed by atoms with E-state index in [-0.39, 0.29) is 16.5 Å². The molecule has 0 bridgehead atoms. The van der Waals surface area contributed by atoms with Crippen molar-refractivity contribution in [2.75, 3.05) is 6.54 Å². The van der Waals surface area contributed by atoms with Crippen LogP contribution in [0.2, 0.25) is 0 Å². The van der Waals surface area contributed by atoms with Crippen LogP contribution in [0.1, 0.15) is 30.6 Å². The number of carbonyl (C=O) groups is 1. The molecular formula is C13H15ClFNO3S. The van der Waals surface area contributed by atoms with Crippen LogP contribution in [0.3, 0.4) is 0 Å². The van der Waals surface area contributed by atoms with Crippen LogP contribution in [0.5, 0.6) is 0 Å². The second kappa shape index (κ2) is 5.33. The van der Waals surface area contributed by atoms with Gasteiger partial charge in [0.05, 0.1) is 10.5 Å². The van der Waals surface area contributed by atoms with Gasteiger partial charge in [0.1, 0.15) is 5.82 Å². The van der Waals surface area contributed by atoms with Crippen molar-refractivity contribution in [1.29, 1.82) is 0 Å². The molecule has 1 aliphatic heterocycles. The number of benzene rings is 1. The number of nitrogens with zero attached hydrogens (tertiary/aromatic N) is 1. The van der Waals surface area contributed by atoms with E-state index in [9.17, 15) is 17.6 Å². The highest BCUT2D eigenvalue weighted by Gasteiger charge is 2.31. The third-order valence-corrected chi connectivity index (χ3v) is 4.85. The summed E-state index contributed by atoms with van der Waals surface area (Å²) in [5.74, 6) is -0.916. The quantitative estimate of drug-likeness (QED) is 0.787. The Bertz CT molecular complexity index is 647. The lowest BCUT2D eigenvalue weighted by Gasteiger charge is -2.21. The first kappa shape index (κ1) is 15.3. The van der Waals surface area contributed by atoms with Gasteiger partial charge in [-0.25, -0.2) is 12.8 Å². The summed E-state index contributed by atoms with van der Waals surface area (Å²) in [6, 6.07) is 3.14. The Labute approximate surface area is 121 Å². The summed E-state index contributed by atoms with van der Waals surface area (Å²) >= 11 is 0. The minimum Gasteiger partial charge on any atom is -0.336 e. The van der Waals surface area contributed by atoms with Gasteiger partial charge >= 0.3 is 0 Å². The monoisotopic (exact) mass is 319 g/mol. The fourth-order valence-electron chi connectivity index (χ4n) is 2.56. The standard InChI is InChI=1S/C13H15ClFNO3S/c1-8-5-9(2)16(7-8)13(17)11-4-3-10(6-12(11)15)20(14,18)19/h3-4,6,8-9H,5,7H2,1-2H3. The predicted octanol–water partition coefficient (Wildman–Crippen LogP) is 2.62. The minimum atomic E-state index is -4.00. The number of rotatable bonds is 2. The highest BCUT2D eigenvalue weighted by Crippen LogP contribution is 2.26. The lowest BCUT2D eigenvalue weighted by molar-refractivity contribution is 0.0739. The van der Waals surface area contributed by atoms with Gasteiger partial charge in [-0.3, -0.25) is 4.79 Å². The number of hydrogen-bond acceptors (Lipinski definition) is 3. The first-order chi connectivity index (χ1) is 9.20. The van der Waals surface area contributed by atoms with E-state index in [1.807, 2.05) is 13.8 Å². The molecule has 2 unspecified atom stereocenters. The molecule has 110 valence electrons. The maximum atomic E-state index is 13.9. The summed E-state index contributed by atoms with van der Waals surface area (Å²) in [7, 11) is 1.14. The maximum Gasteiger partial charge on any atom is 0.261 e. The highest BCUT2D eigenvalue weighted by atomic mass is 35.7. The lowest BCUT2D eigenvalue weighted by atomic mass is 10.1. The Morgan fingerprint density at radius 3 is 2.50 bits per heavy atom. The van der Waals surface area contributed by atoms with Crippen LogP contribution in [-0.2, 0) is 9.05 Å². The third-order valence-electron chi connectivity index (χ3n) is 3.50. The SMILES string of the molecule is CC1CC(C)N(C(=O)c2ccc(S(=O)(=O)Cl)cc2F)C1.